The molecule has 0 saturated carbocycles. The van der Waals surface area contributed by atoms with E-state index in [2.05, 4.69) is 10.6 Å². The second kappa shape index (κ2) is 16.2. The van der Waals surface area contributed by atoms with Gasteiger partial charge in [-0.15, -0.1) is 10.1 Å². The Bertz CT molecular complexity index is 1210. The second-order valence-corrected chi connectivity index (χ2v) is 10.3. The van der Waals surface area contributed by atoms with Crippen LogP contribution >= 0.6 is 0 Å². The standard InChI is InChI=1S/C29H34N4O11/c34-18-4-14-29(15-11-27(41)43-32-23(37)7-8-24(32)38,16-12-28(42)44-33-25(39)9-10-26(33)40)31-22(36)13-17-30-19-21(35)20-5-2-1-3-6-20/h1-3,5-6,18,30H,4,7-17,19H2,(H,31,36). The second-order valence-electron chi connectivity index (χ2n) is 10.3. The molecule has 1 aromatic rings. The predicted octanol–water partition coefficient (Wildman–Crippen LogP) is 0.458. The molecule has 0 unspecified atom stereocenters. The number of carbonyl (C=O) groups is 9. The Morgan fingerprint density at radius 2 is 1.25 bits per heavy atom. The van der Waals surface area contributed by atoms with Crippen molar-refractivity contribution in [1.82, 2.24) is 20.8 Å². The van der Waals surface area contributed by atoms with Crippen LogP contribution in [0.25, 0.3) is 0 Å². The zero-order valence-corrected chi connectivity index (χ0v) is 24.0. The van der Waals surface area contributed by atoms with E-state index in [1.54, 1.807) is 30.3 Å². The van der Waals surface area contributed by atoms with Crippen molar-refractivity contribution in [1.29, 1.82) is 0 Å². The number of Topliss-reactive ketones (excluding diaryl/α,β-unsaturated/α-hetero) is 1. The average molecular weight is 615 g/mol. The fourth-order valence-electron chi connectivity index (χ4n) is 4.68. The molecule has 0 radical (unpaired) electrons. The molecule has 2 fully saturated rings. The minimum atomic E-state index is -1.34. The lowest BCUT2D eigenvalue weighted by Crippen LogP contribution is -2.50. The highest BCUT2D eigenvalue weighted by atomic mass is 16.7. The van der Waals surface area contributed by atoms with Crippen LogP contribution in [-0.2, 0) is 48.0 Å². The number of hydroxylamine groups is 4. The molecule has 0 bridgehead atoms. The number of ketones is 1. The minimum absolute atomic E-state index is 0.00806. The van der Waals surface area contributed by atoms with Gasteiger partial charge in [0.05, 0.1) is 19.4 Å². The largest absolute Gasteiger partial charge is 0.351 e. The summed E-state index contributed by atoms with van der Waals surface area (Å²) in [7, 11) is 0. The highest BCUT2D eigenvalue weighted by molar-refractivity contribution is 6.02. The number of nitrogens with zero attached hydrogens (tertiary/aromatic N) is 2. The lowest BCUT2D eigenvalue weighted by Gasteiger charge is -2.34. The van der Waals surface area contributed by atoms with Crippen LogP contribution in [0.1, 0.15) is 81.0 Å². The first-order chi connectivity index (χ1) is 21.0. The van der Waals surface area contributed by atoms with Gasteiger partial charge < -0.3 is 25.1 Å². The van der Waals surface area contributed by atoms with E-state index in [9.17, 15) is 43.2 Å². The van der Waals surface area contributed by atoms with Gasteiger partial charge in [0.25, 0.3) is 23.6 Å². The molecule has 2 heterocycles. The molecule has 0 atom stereocenters. The number of benzene rings is 1. The molecule has 1 aromatic carbocycles. The van der Waals surface area contributed by atoms with E-state index in [0.29, 0.717) is 22.0 Å². The maximum Gasteiger partial charge on any atom is 0.333 e. The van der Waals surface area contributed by atoms with Gasteiger partial charge in [0, 0.05) is 56.2 Å². The lowest BCUT2D eigenvalue weighted by atomic mass is 9.83. The quantitative estimate of drug-likeness (QED) is 0.100. The van der Waals surface area contributed by atoms with Gasteiger partial charge in [-0.1, -0.05) is 30.3 Å². The Kier molecular flexibility index (Phi) is 12.4. The van der Waals surface area contributed by atoms with E-state index in [1.807, 2.05) is 0 Å². The molecule has 15 heteroatoms. The van der Waals surface area contributed by atoms with Crippen molar-refractivity contribution in [2.75, 3.05) is 13.1 Å². The summed E-state index contributed by atoms with van der Waals surface area (Å²) in [5.41, 5.74) is -0.834. The zero-order chi connectivity index (χ0) is 32.1. The molecule has 0 aliphatic carbocycles. The summed E-state index contributed by atoms with van der Waals surface area (Å²) in [5, 5.41) is 6.45. The van der Waals surface area contributed by atoms with Crippen molar-refractivity contribution in [3.63, 3.8) is 0 Å². The SMILES string of the molecule is O=CCCC(CCC(=O)ON1C(=O)CCC1=O)(CCC(=O)ON1C(=O)CCC1=O)NC(=O)CCNCC(=O)c1ccccc1. The van der Waals surface area contributed by atoms with Crippen LogP contribution in [0.2, 0.25) is 0 Å². The van der Waals surface area contributed by atoms with Gasteiger partial charge in [-0.3, -0.25) is 28.8 Å². The van der Waals surface area contributed by atoms with Gasteiger partial charge >= 0.3 is 11.9 Å². The molecular weight excluding hydrogens is 580 g/mol. The number of carbonyl (C=O) groups excluding carboxylic acids is 9. The van der Waals surface area contributed by atoms with Gasteiger partial charge in [-0.2, -0.15) is 0 Å². The summed E-state index contributed by atoms with van der Waals surface area (Å²) in [6.07, 6.45) is -1.09. The van der Waals surface area contributed by atoms with Crippen molar-refractivity contribution >= 4 is 53.5 Å². The number of rotatable bonds is 18. The normalized spacial score (nSPS) is 15.0. The van der Waals surface area contributed by atoms with Crippen LogP contribution in [0, 0.1) is 0 Å². The summed E-state index contributed by atoms with van der Waals surface area (Å²) in [4.78, 5) is 119. The highest BCUT2D eigenvalue weighted by Crippen LogP contribution is 2.27. The molecule has 0 spiro atoms. The van der Waals surface area contributed by atoms with Crippen molar-refractivity contribution in [2.24, 2.45) is 0 Å². The van der Waals surface area contributed by atoms with Crippen molar-refractivity contribution in [2.45, 2.75) is 76.2 Å². The van der Waals surface area contributed by atoms with Crippen LogP contribution in [0.15, 0.2) is 30.3 Å². The molecule has 5 amide bonds. The first-order valence-electron chi connectivity index (χ1n) is 14.2. The number of imide groups is 2. The zero-order valence-electron chi connectivity index (χ0n) is 24.0. The van der Waals surface area contributed by atoms with E-state index >= 15 is 0 Å². The number of aldehydes is 1. The number of hydrogen-bond acceptors (Lipinski definition) is 12. The Morgan fingerprint density at radius 3 is 1.73 bits per heavy atom. The molecule has 2 saturated heterocycles. The summed E-state index contributed by atoms with van der Waals surface area (Å²) in [6, 6.07) is 8.57. The van der Waals surface area contributed by atoms with E-state index in [-0.39, 0.29) is 76.7 Å². The molecule has 44 heavy (non-hydrogen) atoms. The van der Waals surface area contributed by atoms with Crippen LogP contribution in [-0.4, -0.2) is 82.3 Å². The third kappa shape index (κ3) is 9.90. The topological polar surface area (TPSA) is 203 Å². The number of nitrogens with one attached hydrogen (secondary N) is 2. The minimum Gasteiger partial charge on any atom is -0.351 e. The molecule has 15 nitrogen and oxygen atoms in total. The smallest absolute Gasteiger partial charge is 0.333 e. The van der Waals surface area contributed by atoms with Crippen LogP contribution in [0.5, 0.6) is 0 Å². The lowest BCUT2D eigenvalue weighted by molar-refractivity contribution is -0.198. The summed E-state index contributed by atoms with van der Waals surface area (Å²) in [6.45, 7) is 0.0871. The highest BCUT2D eigenvalue weighted by Gasteiger charge is 2.37. The van der Waals surface area contributed by atoms with E-state index in [4.69, 9.17) is 9.68 Å². The van der Waals surface area contributed by atoms with Crippen molar-refractivity contribution < 1.29 is 52.8 Å². The first kappa shape index (κ1) is 33.7. The predicted molar refractivity (Wildman–Crippen MR) is 147 cm³/mol. The summed E-state index contributed by atoms with van der Waals surface area (Å²) >= 11 is 0. The number of hydrogen-bond donors (Lipinski definition) is 2. The Balaban J connectivity index is 1.64. The molecule has 2 aliphatic rings. The van der Waals surface area contributed by atoms with E-state index in [0.717, 1.165) is 0 Å². The summed E-state index contributed by atoms with van der Waals surface area (Å²) < 4.78 is 0. The molecule has 3 rings (SSSR count). The van der Waals surface area contributed by atoms with Crippen molar-refractivity contribution in [3.05, 3.63) is 35.9 Å². The van der Waals surface area contributed by atoms with Gasteiger partial charge in [0.15, 0.2) is 5.78 Å². The van der Waals surface area contributed by atoms with Gasteiger partial charge in [-0.25, -0.2) is 9.59 Å². The number of amides is 5. The van der Waals surface area contributed by atoms with Crippen LogP contribution in [0.3, 0.4) is 0 Å². The molecule has 2 aliphatic heterocycles. The van der Waals surface area contributed by atoms with E-state index in [1.165, 1.54) is 0 Å². The Labute approximate surface area is 252 Å². The Morgan fingerprint density at radius 1 is 0.750 bits per heavy atom. The van der Waals surface area contributed by atoms with Gasteiger partial charge in [0.1, 0.15) is 6.29 Å². The average Bonchev–Trinajstić information content (AvgIpc) is 3.50. The maximum atomic E-state index is 13.0. The molecular formula is C29H34N4O11. The third-order valence-electron chi connectivity index (χ3n) is 7.07. The molecule has 0 aromatic heterocycles. The molecule has 2 N–H and O–H groups in total. The fourth-order valence-corrected chi connectivity index (χ4v) is 4.68. The summed E-state index contributed by atoms with van der Waals surface area (Å²) in [5.74, 6) is -5.27. The maximum absolute atomic E-state index is 13.0. The fraction of sp³-hybridized carbons (Fsp3) is 0.483. The van der Waals surface area contributed by atoms with Crippen molar-refractivity contribution in [3.8, 4) is 0 Å². The third-order valence-corrected chi connectivity index (χ3v) is 7.07. The first-order valence-corrected chi connectivity index (χ1v) is 14.2. The molecule has 236 valence electrons. The van der Waals surface area contributed by atoms with Crippen LogP contribution < -0.4 is 10.6 Å². The Hall–Kier alpha value is -4.79. The van der Waals surface area contributed by atoms with E-state index < -0.39 is 59.9 Å². The van der Waals surface area contributed by atoms with Gasteiger partial charge in [-0.05, 0) is 19.3 Å². The monoisotopic (exact) mass is 614 g/mol. The van der Waals surface area contributed by atoms with Gasteiger partial charge in [0.2, 0.25) is 5.91 Å². The van der Waals surface area contributed by atoms with Crippen LogP contribution in [0.4, 0.5) is 0 Å².